The van der Waals surface area contributed by atoms with E-state index < -0.39 is 4.92 Å². The van der Waals surface area contributed by atoms with Crippen molar-refractivity contribution >= 4 is 22.9 Å². The molecule has 1 heterocycles. The molecule has 0 fully saturated rings. The van der Waals surface area contributed by atoms with Crippen LogP contribution in [0.15, 0.2) is 78.2 Å². The predicted octanol–water partition coefficient (Wildman–Crippen LogP) is 5.39. The fraction of sp³-hybridized carbons (Fsp3) is 0.120. The molecule has 0 spiro atoms. The van der Waals surface area contributed by atoms with Gasteiger partial charge in [0.05, 0.1) is 10.6 Å². The van der Waals surface area contributed by atoms with E-state index in [-0.39, 0.29) is 18.2 Å². The standard InChI is InChI=1S/C25H21N3O4S/c1-17-2-6-19(7-3-17)23-16-33-25(27-23)20-8-4-18(5-9-20)14-26-24(29)15-32-22-12-10-21(11-13-22)28(30)31/h2-13,16H,14-15H2,1H3,(H,26,29). The first kappa shape index (κ1) is 22.2. The van der Waals surface area contributed by atoms with E-state index in [0.29, 0.717) is 12.3 Å². The van der Waals surface area contributed by atoms with E-state index in [0.717, 1.165) is 27.4 Å². The number of rotatable bonds is 8. The van der Waals surface area contributed by atoms with E-state index in [1.54, 1.807) is 11.3 Å². The Balaban J connectivity index is 1.28. The number of nitro groups is 1. The number of carbonyl (C=O) groups excluding carboxylic acids is 1. The van der Waals surface area contributed by atoms with Crippen LogP contribution in [0.2, 0.25) is 0 Å². The van der Waals surface area contributed by atoms with E-state index in [2.05, 4.69) is 41.9 Å². The Morgan fingerprint density at radius 2 is 1.67 bits per heavy atom. The summed E-state index contributed by atoms with van der Waals surface area (Å²) in [6, 6.07) is 21.8. The fourth-order valence-electron chi connectivity index (χ4n) is 3.09. The first-order chi connectivity index (χ1) is 16.0. The van der Waals surface area contributed by atoms with Gasteiger partial charge in [0.25, 0.3) is 11.6 Å². The Bertz CT molecular complexity index is 1250. The van der Waals surface area contributed by atoms with E-state index >= 15 is 0 Å². The lowest BCUT2D eigenvalue weighted by atomic mass is 10.1. The molecule has 166 valence electrons. The highest BCUT2D eigenvalue weighted by Crippen LogP contribution is 2.29. The SMILES string of the molecule is Cc1ccc(-c2csc(-c3ccc(CNC(=O)COc4ccc([N+](=O)[O-])cc4)cc3)n2)cc1. The maximum atomic E-state index is 12.1. The monoisotopic (exact) mass is 459 g/mol. The summed E-state index contributed by atoms with van der Waals surface area (Å²) in [7, 11) is 0. The van der Waals surface area contributed by atoms with Gasteiger partial charge >= 0.3 is 0 Å². The molecule has 1 amide bonds. The van der Waals surface area contributed by atoms with Crippen LogP contribution in [-0.4, -0.2) is 22.4 Å². The number of nitro benzene ring substituents is 1. The Morgan fingerprint density at radius 1 is 1.00 bits per heavy atom. The number of nitrogens with zero attached hydrogens (tertiary/aromatic N) is 2. The number of hydrogen-bond donors (Lipinski definition) is 1. The minimum atomic E-state index is -0.487. The number of benzene rings is 3. The van der Waals surface area contributed by atoms with Gasteiger partial charge in [0.15, 0.2) is 6.61 Å². The zero-order valence-corrected chi connectivity index (χ0v) is 18.7. The van der Waals surface area contributed by atoms with Gasteiger partial charge in [-0.3, -0.25) is 14.9 Å². The zero-order valence-electron chi connectivity index (χ0n) is 17.9. The van der Waals surface area contributed by atoms with Crippen LogP contribution in [0, 0.1) is 17.0 Å². The van der Waals surface area contributed by atoms with Crippen LogP contribution in [0.25, 0.3) is 21.8 Å². The molecule has 4 aromatic rings. The number of non-ortho nitro benzene ring substituents is 1. The fourth-order valence-corrected chi connectivity index (χ4v) is 3.93. The smallest absolute Gasteiger partial charge is 0.269 e. The van der Waals surface area contributed by atoms with Gasteiger partial charge in [-0.25, -0.2) is 4.98 Å². The molecule has 1 N–H and O–H groups in total. The summed E-state index contributed by atoms with van der Waals surface area (Å²) in [5.74, 6) is 0.119. The van der Waals surface area contributed by atoms with Gasteiger partial charge in [-0.1, -0.05) is 54.1 Å². The third kappa shape index (κ3) is 5.81. The summed E-state index contributed by atoms with van der Waals surface area (Å²) >= 11 is 1.60. The number of aromatic nitrogens is 1. The molecule has 0 atom stereocenters. The predicted molar refractivity (Wildman–Crippen MR) is 128 cm³/mol. The topological polar surface area (TPSA) is 94.4 Å². The maximum absolute atomic E-state index is 12.1. The summed E-state index contributed by atoms with van der Waals surface area (Å²) in [5, 5.41) is 16.5. The number of aryl methyl sites for hydroxylation is 1. The molecule has 8 heteroatoms. The molecule has 0 aliphatic heterocycles. The van der Waals surface area contributed by atoms with Gasteiger partial charge in [0, 0.05) is 35.2 Å². The summed E-state index contributed by atoms with van der Waals surface area (Å²) in [4.78, 5) is 27.0. The molecule has 0 unspecified atom stereocenters. The van der Waals surface area contributed by atoms with Crippen molar-refractivity contribution < 1.29 is 14.5 Å². The normalized spacial score (nSPS) is 10.6. The highest BCUT2D eigenvalue weighted by atomic mass is 32.1. The molecule has 7 nitrogen and oxygen atoms in total. The lowest BCUT2D eigenvalue weighted by Gasteiger charge is -2.08. The second-order valence-corrected chi connectivity index (χ2v) is 8.28. The molecule has 0 bridgehead atoms. The Kier molecular flexibility index (Phi) is 6.75. The number of hydrogen-bond acceptors (Lipinski definition) is 6. The third-order valence-electron chi connectivity index (χ3n) is 4.96. The number of amides is 1. The van der Waals surface area contributed by atoms with Crippen LogP contribution >= 0.6 is 11.3 Å². The van der Waals surface area contributed by atoms with E-state index in [1.165, 1.54) is 29.8 Å². The van der Waals surface area contributed by atoms with E-state index in [1.807, 2.05) is 24.3 Å². The highest BCUT2D eigenvalue weighted by molar-refractivity contribution is 7.13. The lowest BCUT2D eigenvalue weighted by molar-refractivity contribution is -0.384. The Hall–Kier alpha value is -4.04. The van der Waals surface area contributed by atoms with Gasteiger partial charge in [-0.15, -0.1) is 11.3 Å². The number of nitrogens with one attached hydrogen (secondary N) is 1. The second kappa shape index (κ2) is 10.1. The quantitative estimate of drug-likeness (QED) is 0.282. The summed E-state index contributed by atoms with van der Waals surface area (Å²) < 4.78 is 5.37. The Morgan fingerprint density at radius 3 is 2.33 bits per heavy atom. The first-order valence-electron chi connectivity index (χ1n) is 10.2. The van der Waals surface area contributed by atoms with Crippen molar-refractivity contribution in [3.8, 4) is 27.6 Å². The van der Waals surface area contributed by atoms with Crippen molar-refractivity contribution in [2.75, 3.05) is 6.61 Å². The number of carbonyl (C=O) groups is 1. The van der Waals surface area contributed by atoms with Crippen LogP contribution in [0.5, 0.6) is 5.75 Å². The van der Waals surface area contributed by atoms with Gasteiger partial charge in [0.1, 0.15) is 10.8 Å². The minimum Gasteiger partial charge on any atom is -0.484 e. The van der Waals surface area contributed by atoms with Crippen LogP contribution in [0.3, 0.4) is 0 Å². The van der Waals surface area contributed by atoms with Crippen LogP contribution in [0.1, 0.15) is 11.1 Å². The van der Waals surface area contributed by atoms with Crippen molar-refractivity contribution in [1.82, 2.24) is 10.3 Å². The average molecular weight is 460 g/mol. The molecule has 0 saturated heterocycles. The zero-order chi connectivity index (χ0) is 23.2. The van der Waals surface area contributed by atoms with Crippen molar-refractivity contribution in [1.29, 1.82) is 0 Å². The lowest BCUT2D eigenvalue weighted by Crippen LogP contribution is -2.28. The molecule has 0 aliphatic carbocycles. The van der Waals surface area contributed by atoms with Crippen molar-refractivity contribution in [3.05, 3.63) is 99.4 Å². The van der Waals surface area contributed by atoms with Gasteiger partial charge < -0.3 is 10.1 Å². The largest absolute Gasteiger partial charge is 0.484 e. The van der Waals surface area contributed by atoms with Gasteiger partial charge in [0.2, 0.25) is 0 Å². The molecule has 0 radical (unpaired) electrons. The van der Waals surface area contributed by atoms with Crippen LogP contribution in [-0.2, 0) is 11.3 Å². The molecule has 4 rings (SSSR count). The minimum absolute atomic E-state index is 0.0284. The van der Waals surface area contributed by atoms with Crippen LogP contribution < -0.4 is 10.1 Å². The molecule has 0 saturated carbocycles. The third-order valence-corrected chi connectivity index (χ3v) is 5.85. The molecule has 3 aromatic carbocycles. The van der Waals surface area contributed by atoms with Crippen molar-refractivity contribution in [2.24, 2.45) is 0 Å². The van der Waals surface area contributed by atoms with E-state index in [4.69, 9.17) is 9.72 Å². The van der Waals surface area contributed by atoms with Crippen LogP contribution in [0.4, 0.5) is 5.69 Å². The molecular weight excluding hydrogens is 438 g/mol. The number of ether oxygens (including phenoxy) is 1. The van der Waals surface area contributed by atoms with E-state index in [9.17, 15) is 14.9 Å². The molecule has 0 aliphatic rings. The summed E-state index contributed by atoms with van der Waals surface area (Å²) in [5.41, 5.74) is 5.22. The molecule has 1 aromatic heterocycles. The highest BCUT2D eigenvalue weighted by Gasteiger charge is 2.09. The molecular formula is C25H21N3O4S. The second-order valence-electron chi connectivity index (χ2n) is 7.42. The maximum Gasteiger partial charge on any atom is 0.269 e. The Labute approximate surface area is 194 Å². The van der Waals surface area contributed by atoms with Crippen molar-refractivity contribution in [2.45, 2.75) is 13.5 Å². The first-order valence-corrected chi connectivity index (χ1v) is 11.1. The van der Waals surface area contributed by atoms with Gasteiger partial charge in [-0.05, 0) is 24.6 Å². The van der Waals surface area contributed by atoms with Crippen molar-refractivity contribution in [3.63, 3.8) is 0 Å². The number of thiazole rings is 1. The van der Waals surface area contributed by atoms with Gasteiger partial charge in [-0.2, -0.15) is 0 Å². The summed E-state index contributed by atoms with van der Waals surface area (Å²) in [6.07, 6.45) is 0. The summed E-state index contributed by atoms with van der Waals surface area (Å²) in [6.45, 7) is 2.26. The molecule has 33 heavy (non-hydrogen) atoms. The average Bonchev–Trinajstić information content (AvgIpc) is 3.33.